The lowest BCUT2D eigenvalue weighted by molar-refractivity contribution is 0.875. The highest BCUT2D eigenvalue weighted by Crippen LogP contribution is 2.36. The normalized spacial score (nSPS) is 11.3. The monoisotopic (exact) mass is 333 g/mol. The van der Waals surface area contributed by atoms with Crippen molar-refractivity contribution < 1.29 is 0 Å². The molecule has 6 heteroatoms. The fraction of sp³-hybridized carbons (Fsp3) is 0.250. The number of anilines is 1. The molecule has 0 amide bonds. The summed E-state index contributed by atoms with van der Waals surface area (Å²) in [5.74, 6) is 0.510. The van der Waals surface area contributed by atoms with Crippen molar-refractivity contribution >= 4 is 39.1 Å². The number of rotatable bonds is 3. The van der Waals surface area contributed by atoms with Crippen LogP contribution in [0.1, 0.15) is 19.4 Å². The SMILES string of the molecule is Cc1c(-c2ccc(Cl)cc2)sc2c(=O)[nH]c(NC(C)C)nc12. The zero-order valence-electron chi connectivity index (χ0n) is 12.5. The Morgan fingerprint density at radius 1 is 1.27 bits per heavy atom. The van der Waals surface area contributed by atoms with Gasteiger partial charge in [0.15, 0.2) is 0 Å². The van der Waals surface area contributed by atoms with Gasteiger partial charge in [-0.1, -0.05) is 23.7 Å². The number of nitrogens with zero attached hydrogens (tertiary/aromatic N) is 1. The maximum absolute atomic E-state index is 12.3. The first-order chi connectivity index (χ1) is 10.5. The minimum absolute atomic E-state index is 0.110. The van der Waals surface area contributed by atoms with Gasteiger partial charge in [-0.3, -0.25) is 9.78 Å². The van der Waals surface area contributed by atoms with E-state index in [2.05, 4.69) is 15.3 Å². The molecule has 22 heavy (non-hydrogen) atoms. The average Bonchev–Trinajstić information content (AvgIpc) is 2.77. The van der Waals surface area contributed by atoms with Gasteiger partial charge in [-0.05, 0) is 44.0 Å². The van der Waals surface area contributed by atoms with Crippen LogP contribution >= 0.6 is 22.9 Å². The van der Waals surface area contributed by atoms with Crippen molar-refractivity contribution in [3.05, 3.63) is 45.2 Å². The molecule has 2 heterocycles. The minimum atomic E-state index is -0.110. The molecule has 0 spiro atoms. The van der Waals surface area contributed by atoms with Gasteiger partial charge in [-0.25, -0.2) is 4.98 Å². The molecule has 0 unspecified atom stereocenters. The number of thiophene rings is 1. The number of aromatic nitrogens is 2. The Balaban J connectivity index is 2.18. The second-order valence-corrected chi connectivity index (χ2v) is 6.91. The molecule has 4 nitrogen and oxygen atoms in total. The van der Waals surface area contributed by atoms with E-state index in [-0.39, 0.29) is 11.6 Å². The third-order valence-electron chi connectivity index (χ3n) is 3.31. The van der Waals surface area contributed by atoms with Crippen molar-refractivity contribution in [2.45, 2.75) is 26.8 Å². The van der Waals surface area contributed by atoms with Crippen LogP contribution in [0.4, 0.5) is 5.95 Å². The Kier molecular flexibility index (Phi) is 3.93. The zero-order valence-corrected chi connectivity index (χ0v) is 14.1. The van der Waals surface area contributed by atoms with Crippen LogP contribution in [0.2, 0.25) is 5.02 Å². The molecular weight excluding hydrogens is 318 g/mol. The summed E-state index contributed by atoms with van der Waals surface area (Å²) in [5, 5.41) is 3.84. The van der Waals surface area contributed by atoms with Gasteiger partial charge < -0.3 is 5.32 Å². The number of nitrogens with one attached hydrogen (secondary N) is 2. The van der Waals surface area contributed by atoms with Crippen LogP contribution in [0.3, 0.4) is 0 Å². The standard InChI is InChI=1S/C16H16ClN3OS/c1-8(2)18-16-19-12-9(3)13(22-14(12)15(21)20-16)10-4-6-11(17)7-5-10/h4-8H,1-3H3,(H2,18,19,20,21). The number of aromatic amines is 1. The van der Waals surface area contributed by atoms with Crippen LogP contribution in [0.15, 0.2) is 29.1 Å². The molecule has 0 aliphatic carbocycles. The lowest BCUT2D eigenvalue weighted by atomic mass is 10.1. The van der Waals surface area contributed by atoms with Crippen molar-refractivity contribution in [1.82, 2.24) is 9.97 Å². The van der Waals surface area contributed by atoms with E-state index in [1.165, 1.54) is 11.3 Å². The van der Waals surface area contributed by atoms with Gasteiger partial charge in [0.2, 0.25) is 5.95 Å². The second kappa shape index (κ2) is 5.74. The maximum atomic E-state index is 12.3. The van der Waals surface area contributed by atoms with E-state index in [1.807, 2.05) is 45.0 Å². The highest BCUT2D eigenvalue weighted by Gasteiger charge is 2.15. The van der Waals surface area contributed by atoms with Crippen molar-refractivity contribution in [3.63, 3.8) is 0 Å². The van der Waals surface area contributed by atoms with Crippen LogP contribution < -0.4 is 10.9 Å². The fourth-order valence-corrected chi connectivity index (χ4v) is 3.59. The van der Waals surface area contributed by atoms with Gasteiger partial charge in [0.25, 0.3) is 5.56 Å². The van der Waals surface area contributed by atoms with Crippen LogP contribution in [0.5, 0.6) is 0 Å². The molecular formula is C16H16ClN3OS. The molecule has 3 rings (SSSR count). The third-order valence-corrected chi connectivity index (χ3v) is 4.89. The number of hydrogen-bond donors (Lipinski definition) is 2. The summed E-state index contributed by atoms with van der Waals surface area (Å²) in [6, 6.07) is 7.83. The molecule has 1 aromatic carbocycles. The number of halogens is 1. The lowest BCUT2D eigenvalue weighted by Gasteiger charge is -2.08. The second-order valence-electron chi connectivity index (χ2n) is 5.45. The highest BCUT2D eigenvalue weighted by molar-refractivity contribution is 7.22. The van der Waals surface area contributed by atoms with Gasteiger partial charge in [0.05, 0.1) is 5.52 Å². The largest absolute Gasteiger partial charge is 0.354 e. The first kappa shape index (κ1) is 15.1. The van der Waals surface area contributed by atoms with Crippen LogP contribution in [-0.4, -0.2) is 16.0 Å². The molecule has 0 saturated carbocycles. The van der Waals surface area contributed by atoms with Gasteiger partial charge in [0, 0.05) is 15.9 Å². The van der Waals surface area contributed by atoms with Crippen molar-refractivity contribution in [2.75, 3.05) is 5.32 Å². The molecule has 2 N–H and O–H groups in total. The number of aryl methyl sites for hydroxylation is 1. The van der Waals surface area contributed by atoms with Crippen molar-refractivity contribution in [1.29, 1.82) is 0 Å². The Bertz CT molecular complexity index is 881. The third kappa shape index (κ3) is 2.74. The van der Waals surface area contributed by atoms with Gasteiger partial charge in [-0.15, -0.1) is 11.3 Å². The molecule has 0 fully saturated rings. The predicted molar refractivity (Wildman–Crippen MR) is 94.2 cm³/mol. The van der Waals surface area contributed by atoms with E-state index in [9.17, 15) is 4.79 Å². The molecule has 0 aliphatic rings. The summed E-state index contributed by atoms with van der Waals surface area (Å²) >= 11 is 7.40. The fourth-order valence-electron chi connectivity index (χ4n) is 2.32. The Labute approximate surface area is 137 Å². The van der Waals surface area contributed by atoms with Crippen LogP contribution in [0, 0.1) is 6.92 Å². The number of hydrogen-bond acceptors (Lipinski definition) is 4. The Hall–Kier alpha value is -1.85. The van der Waals surface area contributed by atoms with Crippen LogP contribution in [0.25, 0.3) is 20.7 Å². The molecule has 0 aliphatic heterocycles. The Morgan fingerprint density at radius 2 is 1.95 bits per heavy atom. The quantitative estimate of drug-likeness (QED) is 0.745. The first-order valence-electron chi connectivity index (χ1n) is 7.01. The number of fused-ring (bicyclic) bond motifs is 1. The number of H-pyrrole nitrogens is 1. The lowest BCUT2D eigenvalue weighted by Crippen LogP contribution is -2.17. The molecule has 0 atom stereocenters. The summed E-state index contributed by atoms with van der Waals surface area (Å²) in [6.45, 7) is 6.00. The van der Waals surface area contributed by atoms with E-state index < -0.39 is 0 Å². The van der Waals surface area contributed by atoms with Crippen molar-refractivity contribution in [2.24, 2.45) is 0 Å². The molecule has 0 bridgehead atoms. The summed E-state index contributed by atoms with van der Waals surface area (Å²) in [5.41, 5.74) is 2.70. The summed E-state index contributed by atoms with van der Waals surface area (Å²) < 4.78 is 0.650. The molecule has 2 aromatic heterocycles. The molecule has 0 saturated heterocycles. The maximum Gasteiger partial charge on any atom is 0.270 e. The van der Waals surface area contributed by atoms with Gasteiger partial charge >= 0.3 is 0 Å². The van der Waals surface area contributed by atoms with E-state index >= 15 is 0 Å². The smallest absolute Gasteiger partial charge is 0.270 e. The summed E-state index contributed by atoms with van der Waals surface area (Å²) in [7, 11) is 0. The van der Waals surface area contributed by atoms with Gasteiger partial charge in [0.1, 0.15) is 4.70 Å². The highest BCUT2D eigenvalue weighted by atomic mass is 35.5. The zero-order chi connectivity index (χ0) is 15.9. The molecule has 114 valence electrons. The first-order valence-corrected chi connectivity index (χ1v) is 8.21. The van der Waals surface area contributed by atoms with E-state index in [0.717, 1.165) is 21.5 Å². The topological polar surface area (TPSA) is 57.8 Å². The van der Waals surface area contributed by atoms with Crippen molar-refractivity contribution in [3.8, 4) is 10.4 Å². The summed E-state index contributed by atoms with van der Waals surface area (Å²) in [4.78, 5) is 20.7. The van der Waals surface area contributed by atoms with E-state index in [4.69, 9.17) is 11.6 Å². The van der Waals surface area contributed by atoms with E-state index in [1.54, 1.807) is 0 Å². The average molecular weight is 334 g/mol. The minimum Gasteiger partial charge on any atom is -0.354 e. The predicted octanol–water partition coefficient (Wildman–Crippen LogP) is 4.43. The number of benzene rings is 1. The Morgan fingerprint density at radius 3 is 2.59 bits per heavy atom. The summed E-state index contributed by atoms with van der Waals surface area (Å²) in [6.07, 6.45) is 0. The van der Waals surface area contributed by atoms with E-state index in [0.29, 0.717) is 15.7 Å². The molecule has 3 aromatic rings. The van der Waals surface area contributed by atoms with Crippen LogP contribution in [-0.2, 0) is 0 Å². The van der Waals surface area contributed by atoms with Gasteiger partial charge in [-0.2, -0.15) is 0 Å². The molecule has 0 radical (unpaired) electrons.